The summed E-state index contributed by atoms with van der Waals surface area (Å²) in [6.45, 7) is 5.59. The highest BCUT2D eigenvalue weighted by Crippen LogP contribution is 2.32. The number of hydrogen-bond acceptors (Lipinski definition) is 7. The average molecular weight is 472 g/mol. The Bertz CT molecular complexity index is 1340. The topological polar surface area (TPSA) is 109 Å². The zero-order valence-corrected chi connectivity index (χ0v) is 19.5. The molecule has 3 heterocycles. The van der Waals surface area contributed by atoms with E-state index in [4.69, 9.17) is 9.47 Å². The van der Waals surface area contributed by atoms with E-state index in [0.29, 0.717) is 21.7 Å². The van der Waals surface area contributed by atoms with Gasteiger partial charge in [0.25, 0.3) is 5.56 Å². The number of carbonyl (C=O) groups is 2. The number of amides is 1. The molecule has 1 aromatic carbocycles. The van der Waals surface area contributed by atoms with Gasteiger partial charge in [-0.25, -0.2) is 4.79 Å². The lowest BCUT2D eigenvalue weighted by atomic mass is 9.91. The van der Waals surface area contributed by atoms with Crippen molar-refractivity contribution in [3.63, 3.8) is 0 Å². The first kappa shape index (κ1) is 22.8. The first-order valence-corrected chi connectivity index (χ1v) is 11.4. The van der Waals surface area contributed by atoms with Gasteiger partial charge in [0.05, 0.1) is 12.1 Å². The normalized spacial score (nSPS) is 12.8. The minimum absolute atomic E-state index is 0.0518. The van der Waals surface area contributed by atoms with E-state index < -0.39 is 16.7 Å². The molecule has 4 rings (SSSR count). The van der Waals surface area contributed by atoms with Crippen molar-refractivity contribution in [3.8, 4) is 11.5 Å². The number of ether oxygens (including phenoxy) is 2. The molecule has 0 radical (unpaired) electrons. The van der Waals surface area contributed by atoms with E-state index in [0.717, 1.165) is 10.1 Å². The monoisotopic (exact) mass is 471 g/mol. The van der Waals surface area contributed by atoms with Gasteiger partial charge in [0.2, 0.25) is 12.7 Å². The highest BCUT2D eigenvalue weighted by Gasteiger charge is 2.24. The van der Waals surface area contributed by atoms with E-state index >= 15 is 0 Å². The Morgan fingerprint density at radius 1 is 1.09 bits per heavy atom. The summed E-state index contributed by atoms with van der Waals surface area (Å²) in [6.07, 6.45) is -0.0518. The number of fused-ring (bicyclic) bond motifs is 2. The fourth-order valence-corrected chi connectivity index (χ4v) is 4.26. The van der Waals surface area contributed by atoms with Crippen LogP contribution in [0.15, 0.2) is 39.2 Å². The second kappa shape index (κ2) is 8.86. The number of nitrogens with zero attached hydrogens (tertiary/aromatic N) is 2. The molecule has 0 aliphatic carbocycles. The van der Waals surface area contributed by atoms with Gasteiger partial charge in [0.15, 0.2) is 17.3 Å². The molecule has 33 heavy (non-hydrogen) atoms. The van der Waals surface area contributed by atoms with Gasteiger partial charge < -0.3 is 14.8 Å². The van der Waals surface area contributed by atoms with E-state index in [-0.39, 0.29) is 44.5 Å². The third-order valence-corrected chi connectivity index (χ3v) is 6.36. The molecule has 0 spiro atoms. The molecule has 3 aromatic rings. The third-order valence-electron chi connectivity index (χ3n) is 5.46. The largest absolute Gasteiger partial charge is 0.454 e. The molecule has 0 fully saturated rings. The van der Waals surface area contributed by atoms with Crippen molar-refractivity contribution in [2.75, 3.05) is 6.79 Å². The van der Waals surface area contributed by atoms with Crippen LogP contribution in [0.2, 0.25) is 0 Å². The summed E-state index contributed by atoms with van der Waals surface area (Å²) < 4.78 is 13.4. The average Bonchev–Trinajstić information content (AvgIpc) is 3.43. The summed E-state index contributed by atoms with van der Waals surface area (Å²) >= 11 is 1.21. The van der Waals surface area contributed by atoms with Gasteiger partial charge in [-0.15, -0.1) is 11.3 Å². The molecule has 9 nitrogen and oxygen atoms in total. The van der Waals surface area contributed by atoms with Crippen LogP contribution in [-0.4, -0.2) is 27.6 Å². The fourth-order valence-electron chi connectivity index (χ4n) is 3.42. The minimum atomic E-state index is -0.628. The van der Waals surface area contributed by atoms with Crippen molar-refractivity contribution in [3.05, 3.63) is 56.0 Å². The van der Waals surface area contributed by atoms with Crippen molar-refractivity contribution in [2.45, 2.75) is 46.8 Å². The maximum atomic E-state index is 13.1. The number of carbonyl (C=O) groups excluding carboxylic acids is 2. The number of thiophene rings is 1. The Balaban J connectivity index is 1.49. The molecule has 174 valence electrons. The Morgan fingerprint density at radius 3 is 2.61 bits per heavy atom. The van der Waals surface area contributed by atoms with Gasteiger partial charge in [-0.1, -0.05) is 26.8 Å². The van der Waals surface area contributed by atoms with Crippen molar-refractivity contribution in [1.29, 1.82) is 0 Å². The van der Waals surface area contributed by atoms with Crippen molar-refractivity contribution in [1.82, 2.24) is 14.5 Å². The quantitative estimate of drug-likeness (QED) is 0.566. The van der Waals surface area contributed by atoms with Gasteiger partial charge in [0, 0.05) is 24.9 Å². The van der Waals surface area contributed by atoms with Crippen molar-refractivity contribution < 1.29 is 19.1 Å². The van der Waals surface area contributed by atoms with E-state index in [9.17, 15) is 19.2 Å². The first-order chi connectivity index (χ1) is 15.6. The molecule has 1 amide bonds. The molecule has 0 saturated heterocycles. The van der Waals surface area contributed by atoms with Gasteiger partial charge >= 0.3 is 5.69 Å². The number of rotatable bonds is 7. The summed E-state index contributed by atoms with van der Waals surface area (Å²) in [7, 11) is 0. The van der Waals surface area contributed by atoms with E-state index in [1.807, 2.05) is 6.07 Å². The van der Waals surface area contributed by atoms with Crippen LogP contribution in [-0.2, 0) is 29.2 Å². The molecule has 0 bridgehead atoms. The zero-order chi connectivity index (χ0) is 23.8. The van der Waals surface area contributed by atoms with Crippen LogP contribution in [0.25, 0.3) is 10.2 Å². The van der Waals surface area contributed by atoms with Crippen LogP contribution in [0, 0.1) is 5.41 Å². The van der Waals surface area contributed by atoms with Gasteiger partial charge in [-0.2, -0.15) is 0 Å². The zero-order valence-electron chi connectivity index (χ0n) is 18.7. The summed E-state index contributed by atoms with van der Waals surface area (Å²) in [5.41, 5.74) is -0.388. The SMILES string of the molecule is CC(C)(C)C(=O)Cn1c(=O)n(CCC(=O)NCc2ccc3c(c2)OCO3)c(=O)c2sccc21. The maximum absolute atomic E-state index is 13.1. The number of nitrogens with one attached hydrogen (secondary N) is 1. The predicted molar refractivity (Wildman–Crippen MR) is 124 cm³/mol. The van der Waals surface area contributed by atoms with Crippen LogP contribution in [0.1, 0.15) is 32.8 Å². The Hall–Kier alpha value is -3.40. The second-order valence-electron chi connectivity index (χ2n) is 8.85. The van der Waals surface area contributed by atoms with Crippen LogP contribution in [0.5, 0.6) is 11.5 Å². The second-order valence-corrected chi connectivity index (χ2v) is 9.76. The molecule has 1 N–H and O–H groups in total. The summed E-state index contributed by atoms with van der Waals surface area (Å²) in [5.74, 6) is 0.865. The molecule has 0 unspecified atom stereocenters. The predicted octanol–water partition coefficient (Wildman–Crippen LogP) is 2.28. The molecule has 0 atom stereocenters. The highest BCUT2D eigenvalue weighted by molar-refractivity contribution is 7.17. The summed E-state index contributed by atoms with van der Waals surface area (Å²) in [6, 6.07) is 7.07. The first-order valence-electron chi connectivity index (χ1n) is 10.5. The third kappa shape index (κ3) is 4.70. The van der Waals surface area contributed by atoms with Gasteiger partial charge in [0.1, 0.15) is 4.70 Å². The number of benzene rings is 1. The maximum Gasteiger partial charge on any atom is 0.331 e. The Labute approximate surface area is 193 Å². The van der Waals surface area contributed by atoms with Crippen LogP contribution >= 0.6 is 11.3 Å². The van der Waals surface area contributed by atoms with E-state index in [1.165, 1.54) is 15.9 Å². The lowest BCUT2D eigenvalue weighted by Crippen LogP contribution is -2.42. The molecule has 2 aromatic heterocycles. The number of Topliss-reactive ketones (excluding diaryl/α,β-unsaturated/α-hetero) is 1. The Morgan fingerprint density at radius 2 is 1.85 bits per heavy atom. The summed E-state index contributed by atoms with van der Waals surface area (Å²) in [4.78, 5) is 50.9. The molecular weight excluding hydrogens is 446 g/mol. The molecule has 10 heteroatoms. The number of hydrogen-bond donors (Lipinski definition) is 1. The minimum Gasteiger partial charge on any atom is -0.454 e. The van der Waals surface area contributed by atoms with Gasteiger partial charge in [-0.3, -0.25) is 23.5 Å². The van der Waals surface area contributed by atoms with Crippen LogP contribution in [0.3, 0.4) is 0 Å². The highest BCUT2D eigenvalue weighted by atomic mass is 32.1. The van der Waals surface area contributed by atoms with E-state index in [1.54, 1.807) is 44.4 Å². The fraction of sp³-hybridized carbons (Fsp3) is 0.391. The lowest BCUT2D eigenvalue weighted by molar-refractivity contribution is -0.127. The van der Waals surface area contributed by atoms with Crippen molar-refractivity contribution in [2.24, 2.45) is 5.41 Å². The van der Waals surface area contributed by atoms with Crippen LogP contribution < -0.4 is 26.0 Å². The van der Waals surface area contributed by atoms with Crippen LogP contribution in [0.4, 0.5) is 0 Å². The standard InChI is InChI=1S/C23H25N3O6S/c1-23(2,3)18(27)12-26-15-7-9-33-20(15)21(29)25(22(26)30)8-6-19(28)24-11-14-4-5-16-17(10-14)32-13-31-16/h4-5,7,9-10H,6,8,11-13H2,1-3H3,(H,24,28). The molecular formula is C23H25N3O6S. The number of ketones is 1. The lowest BCUT2D eigenvalue weighted by Gasteiger charge is -2.18. The summed E-state index contributed by atoms with van der Waals surface area (Å²) in [5, 5.41) is 4.50. The van der Waals surface area contributed by atoms with Crippen molar-refractivity contribution >= 4 is 33.2 Å². The van der Waals surface area contributed by atoms with Gasteiger partial charge in [-0.05, 0) is 29.1 Å². The smallest absolute Gasteiger partial charge is 0.331 e. The Kier molecular flexibility index (Phi) is 6.11. The number of aromatic nitrogens is 2. The molecule has 1 aliphatic heterocycles. The van der Waals surface area contributed by atoms with E-state index in [2.05, 4.69) is 5.32 Å². The molecule has 0 saturated carbocycles. The molecule has 1 aliphatic rings.